The molecule has 1 aliphatic rings. The normalized spacial score (nSPS) is 18.1. The van der Waals surface area contributed by atoms with Crippen LogP contribution in [0.1, 0.15) is 58.6 Å². The van der Waals surface area contributed by atoms with E-state index in [-0.39, 0.29) is 23.8 Å². The lowest BCUT2D eigenvalue weighted by molar-refractivity contribution is -0.140. The summed E-state index contributed by atoms with van der Waals surface area (Å²) in [5, 5.41) is 2.99. The molecule has 0 aliphatic carbocycles. The summed E-state index contributed by atoms with van der Waals surface area (Å²) in [6.45, 7) is 10.9. The molecule has 1 fully saturated rings. The number of likely N-dealkylation sites (tertiary alicyclic amines) is 1. The lowest BCUT2D eigenvalue weighted by atomic mass is 10.0. The fourth-order valence-electron chi connectivity index (χ4n) is 3.31. The Morgan fingerprint density at radius 2 is 1.93 bits per heavy atom. The van der Waals surface area contributed by atoms with Gasteiger partial charge < -0.3 is 10.2 Å². The number of benzene rings is 1. The van der Waals surface area contributed by atoms with Crippen molar-refractivity contribution in [2.45, 2.75) is 60.0 Å². The molecular formula is C22H31N3O2. The molecule has 1 heterocycles. The molecule has 0 saturated carbocycles. The number of nitrogens with zero attached hydrogens (tertiary/aromatic N) is 2. The monoisotopic (exact) mass is 369 g/mol. The smallest absolute Gasteiger partial charge is 0.243 e. The summed E-state index contributed by atoms with van der Waals surface area (Å²) in [4.78, 5) is 30.9. The summed E-state index contributed by atoms with van der Waals surface area (Å²) in [5.74, 6) is -0.0816. The van der Waals surface area contributed by atoms with Crippen molar-refractivity contribution in [3.8, 4) is 0 Å². The molecule has 5 heteroatoms. The van der Waals surface area contributed by atoms with E-state index in [1.807, 2.05) is 39.8 Å². The van der Waals surface area contributed by atoms with Crippen molar-refractivity contribution in [3.63, 3.8) is 0 Å². The van der Waals surface area contributed by atoms with Crippen molar-refractivity contribution in [3.05, 3.63) is 41.1 Å². The van der Waals surface area contributed by atoms with E-state index < -0.39 is 0 Å². The van der Waals surface area contributed by atoms with Gasteiger partial charge in [-0.2, -0.15) is 0 Å². The standard InChI is InChI=1S/C22H31N3O2/c1-6-23-17(5)16(4)19-11-9-18(10-12-19)14-24-21(26)20-8-7-13-25(20)22(27)15(2)3/h6,9-12,15,20H,7-8,13-14H2,1-5H3,(H,24,26)/b17-16+,23-6?. The topological polar surface area (TPSA) is 61.8 Å². The first-order chi connectivity index (χ1) is 12.8. The zero-order valence-corrected chi connectivity index (χ0v) is 17.1. The number of aliphatic imine (C=N–C) groups is 1. The quantitative estimate of drug-likeness (QED) is 0.776. The molecule has 0 bridgehead atoms. The maximum Gasteiger partial charge on any atom is 0.243 e. The predicted molar refractivity (Wildman–Crippen MR) is 110 cm³/mol. The van der Waals surface area contributed by atoms with Crippen LogP contribution in [0.2, 0.25) is 0 Å². The summed E-state index contributed by atoms with van der Waals surface area (Å²) >= 11 is 0. The van der Waals surface area contributed by atoms with Gasteiger partial charge in [-0.15, -0.1) is 0 Å². The Balaban J connectivity index is 1.97. The number of carbonyl (C=O) groups is 2. The highest BCUT2D eigenvalue weighted by atomic mass is 16.2. The Bertz CT molecular complexity index is 732. The second kappa shape index (κ2) is 9.49. The van der Waals surface area contributed by atoms with Gasteiger partial charge in [0.1, 0.15) is 6.04 Å². The number of amides is 2. The Kier molecular flexibility index (Phi) is 7.34. The Hall–Kier alpha value is -2.43. The third-order valence-electron chi connectivity index (χ3n) is 5.05. The summed E-state index contributed by atoms with van der Waals surface area (Å²) < 4.78 is 0. The third kappa shape index (κ3) is 5.28. The second-order valence-corrected chi connectivity index (χ2v) is 7.36. The molecule has 2 rings (SSSR count). The highest BCUT2D eigenvalue weighted by molar-refractivity contribution is 5.88. The average Bonchev–Trinajstić information content (AvgIpc) is 3.15. The highest BCUT2D eigenvalue weighted by Gasteiger charge is 2.34. The molecule has 1 unspecified atom stereocenters. The molecule has 1 aliphatic heterocycles. The van der Waals surface area contributed by atoms with Gasteiger partial charge >= 0.3 is 0 Å². The van der Waals surface area contributed by atoms with Gasteiger partial charge in [-0.25, -0.2) is 0 Å². The van der Waals surface area contributed by atoms with E-state index in [0.29, 0.717) is 13.1 Å². The molecule has 27 heavy (non-hydrogen) atoms. The maximum absolute atomic E-state index is 12.6. The zero-order valence-electron chi connectivity index (χ0n) is 17.1. The van der Waals surface area contributed by atoms with Crippen LogP contribution in [0.3, 0.4) is 0 Å². The molecule has 1 atom stereocenters. The fourth-order valence-corrected chi connectivity index (χ4v) is 3.31. The zero-order chi connectivity index (χ0) is 20.0. The van der Waals surface area contributed by atoms with E-state index in [2.05, 4.69) is 29.4 Å². The van der Waals surface area contributed by atoms with Crippen LogP contribution in [-0.4, -0.2) is 35.5 Å². The first kappa shape index (κ1) is 20.9. The van der Waals surface area contributed by atoms with Crippen molar-refractivity contribution < 1.29 is 9.59 Å². The van der Waals surface area contributed by atoms with Gasteiger partial charge in [0.15, 0.2) is 0 Å². The van der Waals surface area contributed by atoms with Crippen molar-refractivity contribution in [2.75, 3.05) is 6.54 Å². The van der Waals surface area contributed by atoms with E-state index in [1.165, 1.54) is 0 Å². The van der Waals surface area contributed by atoms with Crippen molar-refractivity contribution in [1.29, 1.82) is 0 Å². The lowest BCUT2D eigenvalue weighted by Crippen LogP contribution is -2.47. The first-order valence-electron chi connectivity index (χ1n) is 9.68. The van der Waals surface area contributed by atoms with Gasteiger partial charge in [-0.05, 0) is 50.3 Å². The highest BCUT2D eigenvalue weighted by Crippen LogP contribution is 2.21. The van der Waals surface area contributed by atoms with Crippen LogP contribution in [0.4, 0.5) is 0 Å². The predicted octanol–water partition coefficient (Wildman–Crippen LogP) is 3.79. The summed E-state index contributed by atoms with van der Waals surface area (Å²) in [5.41, 5.74) is 4.29. The van der Waals surface area contributed by atoms with Gasteiger partial charge in [0.25, 0.3) is 0 Å². The Morgan fingerprint density at radius 1 is 1.26 bits per heavy atom. The molecule has 2 amide bonds. The van der Waals surface area contributed by atoms with E-state index in [4.69, 9.17) is 0 Å². The van der Waals surface area contributed by atoms with E-state index in [0.717, 1.165) is 35.2 Å². The minimum Gasteiger partial charge on any atom is -0.350 e. The van der Waals surface area contributed by atoms with Crippen LogP contribution in [0.15, 0.2) is 35.0 Å². The SMILES string of the molecule is CC=N/C(C)=C(\C)c1ccc(CNC(=O)C2CCCN2C(=O)C(C)C)cc1. The van der Waals surface area contributed by atoms with Gasteiger partial charge in [-0.3, -0.25) is 14.6 Å². The number of carbonyl (C=O) groups excluding carboxylic acids is 2. The molecule has 0 spiro atoms. The van der Waals surface area contributed by atoms with Crippen molar-refractivity contribution >= 4 is 23.6 Å². The van der Waals surface area contributed by atoms with Crippen LogP contribution in [0, 0.1) is 5.92 Å². The lowest BCUT2D eigenvalue weighted by Gasteiger charge is -2.25. The van der Waals surface area contributed by atoms with Crippen molar-refractivity contribution in [1.82, 2.24) is 10.2 Å². The minimum absolute atomic E-state index is 0.0596. The van der Waals surface area contributed by atoms with Gasteiger partial charge in [0, 0.05) is 30.9 Å². The van der Waals surface area contributed by atoms with Crippen LogP contribution in [0.25, 0.3) is 5.57 Å². The van der Waals surface area contributed by atoms with Gasteiger partial charge in [-0.1, -0.05) is 38.1 Å². The molecule has 0 aromatic heterocycles. The second-order valence-electron chi connectivity index (χ2n) is 7.36. The summed E-state index contributed by atoms with van der Waals surface area (Å²) in [6.07, 6.45) is 3.42. The molecule has 1 aromatic rings. The molecule has 1 saturated heterocycles. The first-order valence-corrected chi connectivity index (χ1v) is 9.68. The van der Waals surface area contributed by atoms with E-state index >= 15 is 0 Å². The van der Waals surface area contributed by atoms with Crippen LogP contribution in [-0.2, 0) is 16.1 Å². The van der Waals surface area contributed by atoms with E-state index in [1.54, 1.807) is 11.1 Å². The van der Waals surface area contributed by atoms with Crippen LogP contribution < -0.4 is 5.32 Å². The molecular weight excluding hydrogens is 338 g/mol. The van der Waals surface area contributed by atoms with Crippen LogP contribution >= 0.6 is 0 Å². The van der Waals surface area contributed by atoms with Gasteiger partial charge in [0.05, 0.1) is 0 Å². The number of hydrogen-bond acceptors (Lipinski definition) is 3. The summed E-state index contributed by atoms with van der Waals surface area (Å²) in [6, 6.07) is 7.81. The van der Waals surface area contributed by atoms with E-state index in [9.17, 15) is 9.59 Å². The van der Waals surface area contributed by atoms with Crippen molar-refractivity contribution in [2.24, 2.45) is 10.9 Å². The number of hydrogen-bond donors (Lipinski definition) is 1. The maximum atomic E-state index is 12.6. The van der Waals surface area contributed by atoms with Gasteiger partial charge in [0.2, 0.25) is 11.8 Å². The number of nitrogens with one attached hydrogen (secondary N) is 1. The summed E-state index contributed by atoms with van der Waals surface area (Å²) in [7, 11) is 0. The molecule has 5 nitrogen and oxygen atoms in total. The largest absolute Gasteiger partial charge is 0.350 e. The molecule has 1 aromatic carbocycles. The molecule has 146 valence electrons. The molecule has 0 radical (unpaired) electrons. The number of allylic oxidation sites excluding steroid dienone is 2. The minimum atomic E-state index is -0.334. The average molecular weight is 370 g/mol. The third-order valence-corrected chi connectivity index (χ3v) is 5.05. The Labute approximate surface area is 162 Å². The Morgan fingerprint density at radius 3 is 2.52 bits per heavy atom. The fraction of sp³-hybridized carbons (Fsp3) is 0.500. The molecule has 1 N–H and O–H groups in total. The number of rotatable bonds is 6. The van der Waals surface area contributed by atoms with Crippen LogP contribution in [0.5, 0.6) is 0 Å².